The molecule has 0 aliphatic carbocycles. The van der Waals surface area contributed by atoms with Crippen LogP contribution in [0.25, 0.3) is 0 Å². The lowest BCUT2D eigenvalue weighted by Crippen LogP contribution is -2.49. The first-order chi connectivity index (χ1) is 7.11. The van der Waals surface area contributed by atoms with Crippen molar-refractivity contribution in [1.82, 2.24) is 10.2 Å². The van der Waals surface area contributed by atoms with Crippen LogP contribution in [-0.4, -0.2) is 36.1 Å². The molecule has 2 unspecified atom stereocenters. The predicted molar refractivity (Wildman–Crippen MR) is 65.0 cm³/mol. The lowest BCUT2D eigenvalue weighted by atomic mass is 9.84. The average Bonchev–Trinajstić information content (AvgIpc) is 2.73. The molecule has 2 aliphatic heterocycles. The third kappa shape index (κ3) is 1.72. The molecule has 2 fully saturated rings. The summed E-state index contributed by atoms with van der Waals surface area (Å²) in [5, 5.41) is 3.55. The van der Waals surface area contributed by atoms with Crippen LogP contribution in [0.4, 0.5) is 0 Å². The molecule has 2 atom stereocenters. The highest BCUT2D eigenvalue weighted by Crippen LogP contribution is 2.42. The van der Waals surface area contributed by atoms with Gasteiger partial charge in [0.25, 0.3) is 0 Å². The Balaban J connectivity index is 2.14. The number of nitrogens with one attached hydrogen (secondary N) is 1. The van der Waals surface area contributed by atoms with Gasteiger partial charge in [-0.3, -0.25) is 4.90 Å². The Labute approximate surface area is 94.4 Å². The molecule has 0 saturated carbocycles. The van der Waals surface area contributed by atoms with Crippen molar-refractivity contribution in [3.05, 3.63) is 0 Å². The highest BCUT2D eigenvalue weighted by molar-refractivity contribution is 5.05. The Morgan fingerprint density at radius 2 is 1.93 bits per heavy atom. The average molecular weight is 210 g/mol. The largest absolute Gasteiger partial charge is 0.316 e. The molecule has 0 bridgehead atoms. The number of hydrogen-bond donors (Lipinski definition) is 1. The molecule has 0 radical (unpaired) electrons. The molecule has 0 spiro atoms. The summed E-state index contributed by atoms with van der Waals surface area (Å²) < 4.78 is 0. The normalized spacial score (nSPS) is 35.0. The van der Waals surface area contributed by atoms with E-state index < -0.39 is 0 Å². The van der Waals surface area contributed by atoms with Gasteiger partial charge in [0.2, 0.25) is 0 Å². The molecule has 2 aliphatic rings. The van der Waals surface area contributed by atoms with Crippen molar-refractivity contribution < 1.29 is 0 Å². The zero-order chi connectivity index (χ0) is 11.1. The van der Waals surface area contributed by atoms with Crippen LogP contribution in [0.5, 0.6) is 0 Å². The van der Waals surface area contributed by atoms with Gasteiger partial charge in [-0.15, -0.1) is 0 Å². The van der Waals surface area contributed by atoms with Crippen LogP contribution in [0.3, 0.4) is 0 Å². The first-order valence-corrected chi connectivity index (χ1v) is 6.58. The molecular weight excluding hydrogens is 184 g/mol. The standard InChI is InChI=1S/C13H26N2/c1-5-11(6-2)15-9-10-7-14-8-12(10)13(15,3)4/h10-12,14H,5-9H2,1-4H3. The predicted octanol–water partition coefficient (Wildman–Crippen LogP) is 2.10. The highest BCUT2D eigenvalue weighted by Gasteiger charge is 2.50. The number of fused-ring (bicyclic) bond motifs is 1. The van der Waals surface area contributed by atoms with E-state index in [4.69, 9.17) is 0 Å². The Bertz CT molecular complexity index is 221. The first-order valence-electron chi connectivity index (χ1n) is 6.58. The molecule has 88 valence electrons. The van der Waals surface area contributed by atoms with Gasteiger partial charge >= 0.3 is 0 Å². The third-order valence-corrected chi connectivity index (χ3v) is 4.80. The third-order valence-electron chi connectivity index (χ3n) is 4.80. The van der Waals surface area contributed by atoms with Crippen LogP contribution in [0.2, 0.25) is 0 Å². The molecule has 0 aromatic carbocycles. The zero-order valence-electron chi connectivity index (χ0n) is 10.7. The molecular formula is C13H26N2. The maximum absolute atomic E-state index is 3.55. The van der Waals surface area contributed by atoms with Crippen molar-refractivity contribution in [2.75, 3.05) is 19.6 Å². The van der Waals surface area contributed by atoms with E-state index in [1.165, 1.54) is 32.5 Å². The summed E-state index contributed by atoms with van der Waals surface area (Å²) >= 11 is 0. The van der Waals surface area contributed by atoms with E-state index in [9.17, 15) is 0 Å². The topological polar surface area (TPSA) is 15.3 Å². The maximum atomic E-state index is 3.55. The van der Waals surface area contributed by atoms with E-state index >= 15 is 0 Å². The van der Waals surface area contributed by atoms with Gasteiger partial charge in [0, 0.05) is 24.7 Å². The van der Waals surface area contributed by atoms with E-state index in [1.54, 1.807) is 0 Å². The number of rotatable bonds is 3. The molecule has 0 aromatic rings. The lowest BCUT2D eigenvalue weighted by molar-refractivity contribution is 0.0840. The molecule has 0 aromatic heterocycles. The molecule has 2 rings (SSSR count). The van der Waals surface area contributed by atoms with Crippen molar-refractivity contribution in [2.45, 2.75) is 52.1 Å². The van der Waals surface area contributed by atoms with Crippen molar-refractivity contribution in [3.63, 3.8) is 0 Å². The van der Waals surface area contributed by atoms with Gasteiger partial charge in [-0.1, -0.05) is 13.8 Å². The van der Waals surface area contributed by atoms with Crippen LogP contribution >= 0.6 is 0 Å². The van der Waals surface area contributed by atoms with E-state index in [0.29, 0.717) is 5.54 Å². The van der Waals surface area contributed by atoms with Gasteiger partial charge in [-0.05, 0) is 45.1 Å². The van der Waals surface area contributed by atoms with E-state index in [0.717, 1.165) is 17.9 Å². The summed E-state index contributed by atoms with van der Waals surface area (Å²) in [4.78, 5) is 2.78. The molecule has 2 heterocycles. The summed E-state index contributed by atoms with van der Waals surface area (Å²) in [5.74, 6) is 1.78. The second-order valence-corrected chi connectivity index (χ2v) is 5.80. The minimum absolute atomic E-state index is 0.408. The van der Waals surface area contributed by atoms with Crippen LogP contribution in [0, 0.1) is 11.8 Å². The van der Waals surface area contributed by atoms with Gasteiger partial charge in [-0.25, -0.2) is 0 Å². The van der Waals surface area contributed by atoms with Crippen LogP contribution in [0.1, 0.15) is 40.5 Å². The van der Waals surface area contributed by atoms with E-state index in [2.05, 4.69) is 37.9 Å². The Kier molecular flexibility index (Phi) is 3.09. The highest BCUT2D eigenvalue weighted by atomic mass is 15.3. The zero-order valence-corrected chi connectivity index (χ0v) is 10.7. The van der Waals surface area contributed by atoms with Gasteiger partial charge in [0.05, 0.1) is 0 Å². The minimum atomic E-state index is 0.408. The fourth-order valence-electron chi connectivity index (χ4n) is 3.80. The molecule has 15 heavy (non-hydrogen) atoms. The molecule has 2 saturated heterocycles. The Morgan fingerprint density at radius 3 is 2.47 bits per heavy atom. The Morgan fingerprint density at radius 1 is 1.27 bits per heavy atom. The van der Waals surface area contributed by atoms with Crippen molar-refractivity contribution in [1.29, 1.82) is 0 Å². The molecule has 2 heteroatoms. The van der Waals surface area contributed by atoms with E-state index in [-0.39, 0.29) is 0 Å². The number of hydrogen-bond acceptors (Lipinski definition) is 2. The molecule has 2 nitrogen and oxygen atoms in total. The molecule has 1 N–H and O–H groups in total. The molecule has 0 amide bonds. The van der Waals surface area contributed by atoms with Gasteiger partial charge in [0.1, 0.15) is 0 Å². The van der Waals surface area contributed by atoms with Crippen molar-refractivity contribution in [3.8, 4) is 0 Å². The maximum Gasteiger partial charge on any atom is 0.0200 e. The SMILES string of the molecule is CCC(CC)N1CC2CNCC2C1(C)C. The summed E-state index contributed by atoms with van der Waals surface area (Å²) in [7, 11) is 0. The fourth-order valence-corrected chi connectivity index (χ4v) is 3.80. The fraction of sp³-hybridized carbons (Fsp3) is 1.00. The number of likely N-dealkylation sites (tertiary alicyclic amines) is 1. The summed E-state index contributed by atoms with van der Waals surface area (Å²) in [6, 6.07) is 0.797. The Hall–Kier alpha value is -0.0800. The smallest absolute Gasteiger partial charge is 0.0200 e. The summed E-state index contributed by atoms with van der Waals surface area (Å²) in [5.41, 5.74) is 0.408. The first kappa shape index (κ1) is 11.4. The van der Waals surface area contributed by atoms with Crippen LogP contribution < -0.4 is 5.32 Å². The van der Waals surface area contributed by atoms with Crippen LogP contribution in [-0.2, 0) is 0 Å². The summed E-state index contributed by atoms with van der Waals surface area (Å²) in [6.07, 6.45) is 2.60. The minimum Gasteiger partial charge on any atom is -0.316 e. The monoisotopic (exact) mass is 210 g/mol. The van der Waals surface area contributed by atoms with Gasteiger partial charge in [-0.2, -0.15) is 0 Å². The summed E-state index contributed by atoms with van der Waals surface area (Å²) in [6.45, 7) is 13.3. The van der Waals surface area contributed by atoms with E-state index in [1.807, 2.05) is 0 Å². The van der Waals surface area contributed by atoms with Crippen molar-refractivity contribution >= 4 is 0 Å². The van der Waals surface area contributed by atoms with Crippen LogP contribution in [0.15, 0.2) is 0 Å². The second-order valence-electron chi connectivity index (χ2n) is 5.80. The van der Waals surface area contributed by atoms with Crippen molar-refractivity contribution in [2.24, 2.45) is 11.8 Å². The van der Waals surface area contributed by atoms with Gasteiger partial charge < -0.3 is 5.32 Å². The second kappa shape index (κ2) is 4.06. The lowest BCUT2D eigenvalue weighted by Gasteiger charge is -2.40. The number of nitrogens with zero attached hydrogens (tertiary/aromatic N) is 1. The van der Waals surface area contributed by atoms with Gasteiger partial charge in [0.15, 0.2) is 0 Å². The quantitative estimate of drug-likeness (QED) is 0.767.